The number of aliphatic hydroxyl groups excluding tert-OH is 4. The summed E-state index contributed by atoms with van der Waals surface area (Å²) < 4.78 is 10.8. The molecule has 1 aliphatic rings. The summed E-state index contributed by atoms with van der Waals surface area (Å²) in [6, 6.07) is 0. The van der Waals surface area contributed by atoms with Crippen LogP contribution >= 0.6 is 0 Å². The van der Waals surface area contributed by atoms with Gasteiger partial charge in [-0.1, -0.05) is 90.4 Å². The van der Waals surface area contributed by atoms with Gasteiger partial charge < -0.3 is 29.9 Å². The number of aliphatic hydroxyl groups is 4. The lowest BCUT2D eigenvalue weighted by Gasteiger charge is -2.39. The predicted molar refractivity (Wildman–Crippen MR) is 110 cm³/mol. The van der Waals surface area contributed by atoms with Crippen molar-refractivity contribution in [1.29, 1.82) is 0 Å². The highest BCUT2D eigenvalue weighted by Gasteiger charge is 2.43. The van der Waals surface area contributed by atoms with Gasteiger partial charge in [-0.05, 0) is 6.42 Å². The summed E-state index contributed by atoms with van der Waals surface area (Å²) in [6.07, 6.45) is 12.1. The molecule has 1 aliphatic heterocycles. The van der Waals surface area contributed by atoms with Crippen LogP contribution in [0.15, 0.2) is 0 Å². The van der Waals surface area contributed by atoms with Gasteiger partial charge in [-0.3, -0.25) is 0 Å². The number of hydrogen-bond donors (Lipinski definition) is 4. The fourth-order valence-corrected chi connectivity index (χ4v) is 3.70. The maximum Gasteiger partial charge on any atom is 0.186 e. The van der Waals surface area contributed by atoms with Gasteiger partial charge in [0, 0.05) is 6.61 Å². The van der Waals surface area contributed by atoms with E-state index in [0.717, 1.165) is 12.8 Å². The van der Waals surface area contributed by atoms with Gasteiger partial charge in [-0.2, -0.15) is 0 Å². The van der Waals surface area contributed by atoms with Crippen molar-refractivity contribution in [3.63, 3.8) is 0 Å². The zero-order valence-corrected chi connectivity index (χ0v) is 17.8. The van der Waals surface area contributed by atoms with Crippen LogP contribution in [0, 0.1) is 0 Å². The Bertz CT molecular complexity index is 352. The monoisotopic (exact) mass is 404 g/mol. The molecule has 1 heterocycles. The largest absolute Gasteiger partial charge is 0.394 e. The van der Waals surface area contributed by atoms with Crippen LogP contribution in [0.25, 0.3) is 0 Å². The van der Waals surface area contributed by atoms with Gasteiger partial charge >= 0.3 is 0 Å². The van der Waals surface area contributed by atoms with Crippen molar-refractivity contribution in [2.24, 2.45) is 0 Å². The molecule has 0 aliphatic carbocycles. The first-order valence-corrected chi connectivity index (χ1v) is 11.5. The minimum Gasteiger partial charge on any atom is -0.394 e. The molecule has 0 aromatic carbocycles. The molecule has 0 unspecified atom stereocenters. The molecule has 0 aromatic heterocycles. The first-order chi connectivity index (χ1) is 13.6. The molecule has 1 rings (SSSR count). The first kappa shape index (κ1) is 25.8. The summed E-state index contributed by atoms with van der Waals surface area (Å²) in [6.45, 7) is 2.26. The van der Waals surface area contributed by atoms with E-state index in [-0.39, 0.29) is 0 Å². The Labute approximate surface area is 171 Å². The second kappa shape index (κ2) is 16.5. The van der Waals surface area contributed by atoms with Crippen LogP contribution in [-0.4, -0.2) is 64.3 Å². The average Bonchev–Trinajstić information content (AvgIpc) is 2.70. The van der Waals surface area contributed by atoms with Gasteiger partial charge in [0.2, 0.25) is 0 Å². The van der Waals surface area contributed by atoms with Gasteiger partial charge in [-0.25, -0.2) is 0 Å². The highest BCUT2D eigenvalue weighted by Crippen LogP contribution is 2.22. The minimum atomic E-state index is -1.37. The average molecular weight is 405 g/mol. The molecule has 4 N–H and O–H groups in total. The minimum absolute atomic E-state index is 0.427. The predicted octanol–water partition coefficient (Wildman–Crippen LogP) is 3.28. The van der Waals surface area contributed by atoms with Crippen molar-refractivity contribution < 1.29 is 29.9 Å². The highest BCUT2D eigenvalue weighted by molar-refractivity contribution is 4.88. The van der Waals surface area contributed by atoms with Gasteiger partial charge in [0.1, 0.15) is 24.4 Å². The summed E-state index contributed by atoms with van der Waals surface area (Å²) in [5.74, 6) is 0. The zero-order chi connectivity index (χ0) is 20.6. The number of unbranched alkanes of at least 4 members (excludes halogenated alkanes) is 13. The van der Waals surface area contributed by atoms with Crippen LogP contribution in [0.2, 0.25) is 0 Å². The molecule has 1 saturated heterocycles. The molecule has 0 amide bonds. The topological polar surface area (TPSA) is 99.4 Å². The molecule has 6 nitrogen and oxygen atoms in total. The van der Waals surface area contributed by atoms with E-state index in [0.29, 0.717) is 6.61 Å². The van der Waals surface area contributed by atoms with Crippen LogP contribution in [0.3, 0.4) is 0 Å². The van der Waals surface area contributed by atoms with Crippen molar-refractivity contribution in [2.45, 2.75) is 128 Å². The highest BCUT2D eigenvalue weighted by atomic mass is 16.7. The lowest BCUT2D eigenvalue weighted by atomic mass is 9.99. The van der Waals surface area contributed by atoms with Crippen molar-refractivity contribution >= 4 is 0 Å². The van der Waals surface area contributed by atoms with Gasteiger partial charge in [0.05, 0.1) is 6.61 Å². The van der Waals surface area contributed by atoms with E-state index >= 15 is 0 Å². The standard InChI is InChI=1S/C22H44O6/c1-2-3-4-5-6-7-8-9-10-11-12-13-14-15-16-27-22-21(26)20(25)19(24)18(17-23)28-22/h18-26H,2-17H2,1H3/t18-,19-,20+,21-,22-/m0/s1. The third-order valence-corrected chi connectivity index (χ3v) is 5.63. The Morgan fingerprint density at radius 3 is 1.57 bits per heavy atom. The number of rotatable bonds is 17. The Morgan fingerprint density at radius 1 is 0.643 bits per heavy atom. The molecule has 28 heavy (non-hydrogen) atoms. The van der Waals surface area contributed by atoms with E-state index < -0.39 is 37.3 Å². The Kier molecular flexibility index (Phi) is 15.2. The summed E-state index contributed by atoms with van der Waals surface area (Å²) >= 11 is 0. The Hall–Kier alpha value is -0.240. The van der Waals surface area contributed by atoms with E-state index in [1.54, 1.807) is 0 Å². The molecule has 1 fully saturated rings. The second-order valence-electron chi connectivity index (χ2n) is 8.16. The normalized spacial score (nSPS) is 28.0. The van der Waals surface area contributed by atoms with Crippen LogP contribution < -0.4 is 0 Å². The third-order valence-electron chi connectivity index (χ3n) is 5.63. The molecule has 0 radical (unpaired) electrons. The molecule has 168 valence electrons. The summed E-state index contributed by atoms with van der Waals surface area (Å²) in [7, 11) is 0. The van der Waals surface area contributed by atoms with Crippen LogP contribution in [0.4, 0.5) is 0 Å². The SMILES string of the molecule is CCCCCCCCCCCCCCCCO[C@H]1O[C@@H](CO)[C@H](O)[C@@H](O)[C@@H]1O. The molecule has 0 saturated carbocycles. The fraction of sp³-hybridized carbons (Fsp3) is 1.00. The smallest absolute Gasteiger partial charge is 0.186 e. The quantitative estimate of drug-likeness (QED) is 0.278. The second-order valence-corrected chi connectivity index (χ2v) is 8.16. The van der Waals surface area contributed by atoms with E-state index in [9.17, 15) is 15.3 Å². The molecule has 5 atom stereocenters. The lowest BCUT2D eigenvalue weighted by Crippen LogP contribution is -2.59. The van der Waals surface area contributed by atoms with E-state index in [4.69, 9.17) is 14.6 Å². The van der Waals surface area contributed by atoms with Crippen molar-refractivity contribution in [1.82, 2.24) is 0 Å². The summed E-state index contributed by atoms with van der Waals surface area (Å²) in [5, 5.41) is 38.5. The Morgan fingerprint density at radius 2 is 1.11 bits per heavy atom. The van der Waals surface area contributed by atoms with Crippen molar-refractivity contribution in [2.75, 3.05) is 13.2 Å². The molecular formula is C22H44O6. The van der Waals surface area contributed by atoms with Crippen LogP contribution in [0.1, 0.15) is 96.8 Å². The summed E-state index contributed by atoms with van der Waals surface area (Å²) in [4.78, 5) is 0. The molecule has 0 aromatic rings. The van der Waals surface area contributed by atoms with Gasteiger partial charge in [0.15, 0.2) is 6.29 Å². The number of ether oxygens (including phenoxy) is 2. The van der Waals surface area contributed by atoms with Crippen molar-refractivity contribution in [3.05, 3.63) is 0 Å². The maximum atomic E-state index is 9.89. The van der Waals surface area contributed by atoms with E-state index in [1.807, 2.05) is 0 Å². The molecule has 0 spiro atoms. The fourth-order valence-electron chi connectivity index (χ4n) is 3.70. The first-order valence-electron chi connectivity index (χ1n) is 11.5. The third kappa shape index (κ3) is 10.5. The zero-order valence-electron chi connectivity index (χ0n) is 17.8. The summed E-state index contributed by atoms with van der Waals surface area (Å²) in [5.41, 5.74) is 0. The Balaban J connectivity index is 1.90. The maximum absolute atomic E-state index is 9.89. The van der Waals surface area contributed by atoms with Gasteiger partial charge in [-0.15, -0.1) is 0 Å². The number of hydrogen-bond acceptors (Lipinski definition) is 6. The van der Waals surface area contributed by atoms with Crippen LogP contribution in [0.5, 0.6) is 0 Å². The van der Waals surface area contributed by atoms with E-state index in [2.05, 4.69) is 6.92 Å². The lowest BCUT2D eigenvalue weighted by molar-refractivity contribution is -0.301. The molecule has 0 bridgehead atoms. The molecular weight excluding hydrogens is 360 g/mol. The van der Waals surface area contributed by atoms with Crippen molar-refractivity contribution in [3.8, 4) is 0 Å². The van der Waals surface area contributed by atoms with E-state index in [1.165, 1.54) is 77.0 Å². The van der Waals surface area contributed by atoms with Gasteiger partial charge in [0.25, 0.3) is 0 Å². The molecule has 6 heteroatoms. The van der Waals surface area contributed by atoms with Crippen LogP contribution in [-0.2, 0) is 9.47 Å².